The molecule has 1 atom stereocenters. The van der Waals surface area contributed by atoms with Gasteiger partial charge >= 0.3 is 0 Å². The van der Waals surface area contributed by atoms with E-state index in [2.05, 4.69) is 10.3 Å². The van der Waals surface area contributed by atoms with E-state index >= 15 is 0 Å². The second-order valence-corrected chi connectivity index (χ2v) is 2.91. The molecule has 2 heterocycles. The highest BCUT2D eigenvalue weighted by atomic mass is 16.5. The highest BCUT2D eigenvalue weighted by Crippen LogP contribution is 2.21. The molecule has 2 rings (SSSR count). The molecule has 4 nitrogen and oxygen atoms in total. The lowest BCUT2D eigenvalue weighted by Crippen LogP contribution is -2.48. The van der Waals surface area contributed by atoms with Gasteiger partial charge in [0.25, 0.3) is 0 Å². The molecule has 0 bridgehead atoms. The third-order valence-corrected chi connectivity index (χ3v) is 2.05. The molecule has 1 spiro atoms. The molecule has 0 radical (unpaired) electrons. The zero-order valence-corrected chi connectivity index (χ0v) is 5.76. The van der Waals surface area contributed by atoms with E-state index in [9.17, 15) is 0 Å². The molecule has 1 unspecified atom stereocenters. The number of ether oxygens (including phenoxy) is 1. The Kier molecular flexibility index (Phi) is 1.11. The molecule has 56 valence electrons. The van der Waals surface area contributed by atoms with Gasteiger partial charge in [0, 0.05) is 6.61 Å². The zero-order chi connectivity index (χ0) is 7.03. The number of nitrogens with zero attached hydrogens (tertiary/aromatic N) is 1. The van der Waals surface area contributed by atoms with Gasteiger partial charge in [-0.3, -0.25) is 4.99 Å². The topological polar surface area (TPSA) is 59.6 Å². The van der Waals surface area contributed by atoms with Crippen LogP contribution < -0.4 is 11.1 Å². The Bertz CT molecular complexity index is 172. The van der Waals surface area contributed by atoms with Gasteiger partial charge in [0.05, 0.1) is 18.7 Å². The first-order chi connectivity index (χ1) is 4.81. The van der Waals surface area contributed by atoms with E-state index in [-0.39, 0.29) is 5.54 Å². The second kappa shape index (κ2) is 1.85. The van der Waals surface area contributed by atoms with Crippen LogP contribution in [-0.2, 0) is 4.74 Å². The van der Waals surface area contributed by atoms with Crippen LogP contribution in [0.4, 0.5) is 0 Å². The van der Waals surface area contributed by atoms with Gasteiger partial charge in [-0.2, -0.15) is 0 Å². The molecule has 1 fully saturated rings. The van der Waals surface area contributed by atoms with Crippen molar-refractivity contribution in [1.82, 2.24) is 5.32 Å². The summed E-state index contributed by atoms with van der Waals surface area (Å²) in [6, 6.07) is 0. The number of guanidine groups is 1. The van der Waals surface area contributed by atoms with E-state index in [1.165, 1.54) is 0 Å². The third kappa shape index (κ3) is 0.759. The Balaban J connectivity index is 2.07. The second-order valence-electron chi connectivity index (χ2n) is 2.91. The van der Waals surface area contributed by atoms with Crippen LogP contribution in [0.25, 0.3) is 0 Å². The van der Waals surface area contributed by atoms with Crippen LogP contribution in [0.15, 0.2) is 4.99 Å². The van der Waals surface area contributed by atoms with Crippen LogP contribution in [-0.4, -0.2) is 31.3 Å². The highest BCUT2D eigenvalue weighted by Gasteiger charge is 2.38. The van der Waals surface area contributed by atoms with Crippen molar-refractivity contribution < 1.29 is 4.74 Å². The average molecular weight is 141 g/mol. The molecule has 0 aliphatic carbocycles. The minimum absolute atomic E-state index is 0.0596. The van der Waals surface area contributed by atoms with E-state index < -0.39 is 0 Å². The number of nitrogens with one attached hydrogen (secondary N) is 1. The highest BCUT2D eigenvalue weighted by molar-refractivity contribution is 5.80. The first-order valence-electron chi connectivity index (χ1n) is 3.47. The fourth-order valence-electron chi connectivity index (χ4n) is 1.42. The number of rotatable bonds is 0. The molecule has 3 N–H and O–H groups in total. The van der Waals surface area contributed by atoms with Gasteiger partial charge in [0.1, 0.15) is 0 Å². The van der Waals surface area contributed by atoms with E-state index in [1.807, 2.05) is 0 Å². The monoisotopic (exact) mass is 141 g/mol. The molecule has 0 amide bonds. The van der Waals surface area contributed by atoms with Crippen LogP contribution in [0.1, 0.15) is 6.42 Å². The average Bonchev–Trinajstić information content (AvgIpc) is 2.46. The van der Waals surface area contributed by atoms with Gasteiger partial charge in [0.2, 0.25) is 0 Å². The molecule has 0 aromatic heterocycles. The number of hydrogen-bond donors (Lipinski definition) is 2. The Morgan fingerprint density at radius 1 is 1.70 bits per heavy atom. The Morgan fingerprint density at radius 2 is 2.60 bits per heavy atom. The lowest BCUT2D eigenvalue weighted by Gasteiger charge is -2.20. The van der Waals surface area contributed by atoms with Crippen molar-refractivity contribution >= 4 is 5.96 Å². The summed E-state index contributed by atoms with van der Waals surface area (Å²) in [4.78, 5) is 4.07. The molecule has 0 aromatic carbocycles. The van der Waals surface area contributed by atoms with Crippen molar-refractivity contribution in [2.45, 2.75) is 12.0 Å². The SMILES string of the molecule is NC1=NCC2(CCOC2)N1. The predicted molar refractivity (Wildman–Crippen MR) is 37.8 cm³/mol. The van der Waals surface area contributed by atoms with E-state index in [0.29, 0.717) is 5.96 Å². The molecule has 2 aliphatic heterocycles. The van der Waals surface area contributed by atoms with Crippen LogP contribution in [0.2, 0.25) is 0 Å². The maximum atomic E-state index is 5.47. The molecule has 0 saturated carbocycles. The molecular weight excluding hydrogens is 130 g/mol. The fraction of sp³-hybridized carbons (Fsp3) is 0.833. The van der Waals surface area contributed by atoms with Crippen molar-refractivity contribution in [2.75, 3.05) is 19.8 Å². The summed E-state index contributed by atoms with van der Waals surface area (Å²) in [5.41, 5.74) is 5.53. The quantitative estimate of drug-likeness (QED) is 0.458. The summed E-state index contributed by atoms with van der Waals surface area (Å²) < 4.78 is 5.24. The molecule has 10 heavy (non-hydrogen) atoms. The van der Waals surface area contributed by atoms with Gasteiger partial charge in [-0.15, -0.1) is 0 Å². The third-order valence-electron chi connectivity index (χ3n) is 2.05. The van der Waals surface area contributed by atoms with Crippen LogP contribution in [0.3, 0.4) is 0 Å². The van der Waals surface area contributed by atoms with Gasteiger partial charge in [-0.1, -0.05) is 0 Å². The Labute approximate surface area is 59.5 Å². The zero-order valence-electron chi connectivity index (χ0n) is 5.76. The van der Waals surface area contributed by atoms with Crippen molar-refractivity contribution in [2.24, 2.45) is 10.7 Å². The number of aliphatic imine (C=N–C) groups is 1. The van der Waals surface area contributed by atoms with Crippen LogP contribution in [0, 0.1) is 0 Å². The molecule has 4 heteroatoms. The van der Waals surface area contributed by atoms with Crippen LogP contribution >= 0.6 is 0 Å². The minimum atomic E-state index is 0.0596. The number of hydrogen-bond acceptors (Lipinski definition) is 4. The van der Waals surface area contributed by atoms with E-state index in [0.717, 1.165) is 26.2 Å². The smallest absolute Gasteiger partial charge is 0.189 e. The van der Waals surface area contributed by atoms with Crippen molar-refractivity contribution in [3.63, 3.8) is 0 Å². The first-order valence-corrected chi connectivity index (χ1v) is 3.47. The summed E-state index contributed by atoms with van der Waals surface area (Å²) in [6.45, 7) is 2.35. The summed E-state index contributed by atoms with van der Waals surface area (Å²) in [5, 5.41) is 3.13. The van der Waals surface area contributed by atoms with Gasteiger partial charge in [-0.25, -0.2) is 0 Å². The van der Waals surface area contributed by atoms with E-state index in [4.69, 9.17) is 10.5 Å². The van der Waals surface area contributed by atoms with Gasteiger partial charge in [0.15, 0.2) is 5.96 Å². The van der Waals surface area contributed by atoms with E-state index in [1.54, 1.807) is 0 Å². The predicted octanol–water partition coefficient (Wildman–Crippen LogP) is -0.937. The van der Waals surface area contributed by atoms with Crippen molar-refractivity contribution in [3.8, 4) is 0 Å². The normalized spacial score (nSPS) is 38.2. The lowest BCUT2D eigenvalue weighted by molar-refractivity contribution is 0.177. The lowest BCUT2D eigenvalue weighted by atomic mass is 10.0. The Morgan fingerprint density at radius 3 is 3.10 bits per heavy atom. The van der Waals surface area contributed by atoms with Crippen molar-refractivity contribution in [1.29, 1.82) is 0 Å². The Hall–Kier alpha value is -0.770. The first kappa shape index (κ1) is 5.97. The molecule has 0 aromatic rings. The van der Waals surface area contributed by atoms with Crippen LogP contribution in [0.5, 0.6) is 0 Å². The summed E-state index contributed by atoms with van der Waals surface area (Å²) >= 11 is 0. The fourth-order valence-corrected chi connectivity index (χ4v) is 1.42. The number of nitrogens with two attached hydrogens (primary N) is 1. The minimum Gasteiger partial charge on any atom is -0.379 e. The van der Waals surface area contributed by atoms with Crippen molar-refractivity contribution in [3.05, 3.63) is 0 Å². The standard InChI is InChI=1S/C6H11N3O/c7-5-8-3-6(9-5)1-2-10-4-6/h1-4H2,(H3,7,8,9). The molecular formula is C6H11N3O. The maximum absolute atomic E-state index is 5.47. The summed E-state index contributed by atoms with van der Waals surface area (Å²) in [5.74, 6) is 0.561. The summed E-state index contributed by atoms with van der Waals surface area (Å²) in [6.07, 6.45) is 1.02. The molecule has 2 aliphatic rings. The summed E-state index contributed by atoms with van der Waals surface area (Å²) in [7, 11) is 0. The van der Waals surface area contributed by atoms with Gasteiger partial charge < -0.3 is 15.8 Å². The maximum Gasteiger partial charge on any atom is 0.189 e. The van der Waals surface area contributed by atoms with Gasteiger partial charge in [-0.05, 0) is 6.42 Å². The molecule has 1 saturated heterocycles. The largest absolute Gasteiger partial charge is 0.379 e.